The summed E-state index contributed by atoms with van der Waals surface area (Å²) in [5, 5.41) is 0. The molecule has 2 aromatic rings. The van der Waals surface area contributed by atoms with Crippen molar-refractivity contribution < 1.29 is 4.79 Å². The highest BCUT2D eigenvalue weighted by atomic mass is 79.9. The maximum absolute atomic E-state index is 12.3. The van der Waals surface area contributed by atoms with Crippen molar-refractivity contribution in [3.8, 4) is 0 Å². The topological polar surface area (TPSA) is 39.3 Å². The van der Waals surface area contributed by atoms with Crippen molar-refractivity contribution in [3.05, 3.63) is 43.8 Å². The molecule has 0 bridgehead atoms. The zero-order chi connectivity index (χ0) is 14.8. The van der Waals surface area contributed by atoms with E-state index in [1.54, 1.807) is 17.5 Å². The fraction of sp³-hybridized carbons (Fsp3) is 0.357. The number of nitrogens with one attached hydrogen (secondary N) is 1. The summed E-state index contributed by atoms with van der Waals surface area (Å²) in [6, 6.07) is 5.83. The van der Waals surface area contributed by atoms with Gasteiger partial charge in [0.15, 0.2) is 0 Å². The number of nitrogens with zero attached hydrogens (tertiary/aromatic N) is 2. The Morgan fingerprint density at radius 1 is 1.33 bits per heavy atom. The van der Waals surface area contributed by atoms with Gasteiger partial charge < -0.3 is 9.88 Å². The van der Waals surface area contributed by atoms with E-state index >= 15 is 0 Å². The summed E-state index contributed by atoms with van der Waals surface area (Å²) in [4.78, 5) is 20.8. The fourth-order valence-electron chi connectivity index (χ4n) is 2.43. The van der Waals surface area contributed by atoms with Crippen LogP contribution in [0.2, 0.25) is 4.34 Å². The summed E-state index contributed by atoms with van der Waals surface area (Å²) in [7, 11) is 0. The van der Waals surface area contributed by atoms with Crippen LogP contribution >= 0.6 is 38.9 Å². The lowest BCUT2D eigenvalue weighted by molar-refractivity contribution is 0.0624. The highest BCUT2D eigenvalue weighted by molar-refractivity contribution is 9.10. The molecule has 1 N–H and O–H groups in total. The summed E-state index contributed by atoms with van der Waals surface area (Å²) in [5.41, 5.74) is 0.639. The Morgan fingerprint density at radius 3 is 2.67 bits per heavy atom. The molecule has 0 aromatic carbocycles. The predicted molar refractivity (Wildman–Crippen MR) is 89.0 cm³/mol. The second kappa shape index (κ2) is 6.52. The van der Waals surface area contributed by atoms with Gasteiger partial charge in [0.1, 0.15) is 5.69 Å². The van der Waals surface area contributed by atoms with Gasteiger partial charge in [-0.25, -0.2) is 0 Å². The summed E-state index contributed by atoms with van der Waals surface area (Å²) in [5.74, 6) is 0.0690. The number of carbonyl (C=O) groups excluding carboxylic acids is 1. The molecule has 112 valence electrons. The van der Waals surface area contributed by atoms with E-state index < -0.39 is 0 Å². The molecule has 0 aliphatic carbocycles. The fourth-order valence-corrected chi connectivity index (χ4v) is 3.90. The normalized spacial score (nSPS) is 16.4. The number of halogens is 2. The van der Waals surface area contributed by atoms with Crippen LogP contribution in [0, 0.1) is 0 Å². The van der Waals surface area contributed by atoms with Crippen molar-refractivity contribution in [1.29, 1.82) is 0 Å². The Kier molecular flexibility index (Phi) is 4.69. The largest absolute Gasteiger partial charge is 0.356 e. The van der Waals surface area contributed by atoms with Crippen LogP contribution in [-0.2, 0) is 6.54 Å². The van der Waals surface area contributed by atoms with Gasteiger partial charge in [0, 0.05) is 48.3 Å². The average molecular weight is 389 g/mol. The van der Waals surface area contributed by atoms with Crippen LogP contribution in [-0.4, -0.2) is 46.9 Å². The van der Waals surface area contributed by atoms with Gasteiger partial charge in [-0.2, -0.15) is 0 Å². The Balaban J connectivity index is 1.54. The number of aromatic amines is 1. The van der Waals surface area contributed by atoms with Gasteiger partial charge >= 0.3 is 0 Å². The number of aromatic nitrogens is 1. The highest BCUT2D eigenvalue weighted by Gasteiger charge is 2.23. The van der Waals surface area contributed by atoms with Gasteiger partial charge in [0.25, 0.3) is 5.91 Å². The molecular formula is C14H15BrClN3OS. The van der Waals surface area contributed by atoms with Crippen LogP contribution in [0.3, 0.4) is 0 Å². The second-order valence-corrected chi connectivity index (χ2v) is 7.72. The Bertz CT molecular complexity index is 634. The van der Waals surface area contributed by atoms with Crippen LogP contribution in [0.15, 0.2) is 28.9 Å². The highest BCUT2D eigenvalue weighted by Crippen LogP contribution is 2.23. The third-order valence-corrected chi connectivity index (χ3v) is 5.22. The summed E-state index contributed by atoms with van der Waals surface area (Å²) in [6.07, 6.45) is 1.78. The molecule has 2 aromatic heterocycles. The third kappa shape index (κ3) is 3.69. The lowest BCUT2D eigenvalue weighted by Crippen LogP contribution is -2.48. The smallest absolute Gasteiger partial charge is 0.270 e. The SMILES string of the molecule is O=C(c1cc(Br)c[nH]1)N1CCN(Cc2ccc(Cl)s2)CC1. The van der Waals surface area contributed by atoms with E-state index in [9.17, 15) is 4.79 Å². The number of amides is 1. The van der Waals surface area contributed by atoms with Crippen molar-refractivity contribution in [2.45, 2.75) is 6.54 Å². The number of H-pyrrole nitrogens is 1. The lowest BCUT2D eigenvalue weighted by atomic mass is 10.2. The number of hydrogen-bond donors (Lipinski definition) is 1. The van der Waals surface area contributed by atoms with Crippen molar-refractivity contribution in [3.63, 3.8) is 0 Å². The maximum atomic E-state index is 12.3. The number of rotatable bonds is 3. The van der Waals surface area contributed by atoms with Gasteiger partial charge in [-0.1, -0.05) is 11.6 Å². The molecule has 0 spiro atoms. The molecule has 1 aliphatic rings. The van der Waals surface area contributed by atoms with Gasteiger partial charge in [0.05, 0.1) is 4.34 Å². The number of carbonyl (C=O) groups is 1. The van der Waals surface area contributed by atoms with Crippen LogP contribution in [0.1, 0.15) is 15.4 Å². The van der Waals surface area contributed by atoms with E-state index in [1.807, 2.05) is 17.0 Å². The Hall–Kier alpha value is -0.820. The first-order valence-electron chi connectivity index (χ1n) is 6.71. The van der Waals surface area contributed by atoms with Crippen molar-refractivity contribution >= 4 is 44.8 Å². The van der Waals surface area contributed by atoms with E-state index in [2.05, 4.69) is 31.9 Å². The molecule has 1 fully saturated rings. The zero-order valence-corrected chi connectivity index (χ0v) is 14.5. The van der Waals surface area contributed by atoms with E-state index in [0.29, 0.717) is 5.69 Å². The molecular weight excluding hydrogens is 374 g/mol. The van der Waals surface area contributed by atoms with Gasteiger partial charge in [-0.05, 0) is 34.1 Å². The minimum absolute atomic E-state index is 0.0690. The standard InChI is InChI=1S/C14H15BrClN3OS/c15-10-7-12(17-8-10)14(20)19-5-3-18(4-6-19)9-11-1-2-13(16)21-11/h1-2,7-8,17H,3-6,9H2. The molecule has 3 heterocycles. The molecule has 0 saturated carbocycles. The number of hydrogen-bond acceptors (Lipinski definition) is 3. The van der Waals surface area contributed by atoms with Gasteiger partial charge in [-0.15, -0.1) is 11.3 Å². The molecule has 0 unspecified atom stereocenters. The molecule has 1 saturated heterocycles. The maximum Gasteiger partial charge on any atom is 0.270 e. The molecule has 7 heteroatoms. The minimum atomic E-state index is 0.0690. The first-order valence-corrected chi connectivity index (χ1v) is 8.70. The Labute approximate surface area is 140 Å². The molecule has 4 nitrogen and oxygen atoms in total. The minimum Gasteiger partial charge on any atom is -0.356 e. The Morgan fingerprint density at radius 2 is 2.10 bits per heavy atom. The third-order valence-electron chi connectivity index (χ3n) is 3.55. The van der Waals surface area contributed by atoms with Crippen LogP contribution in [0.25, 0.3) is 0 Å². The van der Waals surface area contributed by atoms with Crippen molar-refractivity contribution in [1.82, 2.24) is 14.8 Å². The van der Waals surface area contributed by atoms with Crippen LogP contribution < -0.4 is 0 Å². The summed E-state index contributed by atoms with van der Waals surface area (Å²) in [6.45, 7) is 4.21. The molecule has 1 amide bonds. The number of thiophene rings is 1. The summed E-state index contributed by atoms with van der Waals surface area (Å²) < 4.78 is 1.73. The number of piperazine rings is 1. The quantitative estimate of drug-likeness (QED) is 0.875. The molecule has 21 heavy (non-hydrogen) atoms. The van der Waals surface area contributed by atoms with Crippen molar-refractivity contribution in [2.75, 3.05) is 26.2 Å². The van der Waals surface area contributed by atoms with Gasteiger partial charge in [-0.3, -0.25) is 9.69 Å². The average Bonchev–Trinajstić information content (AvgIpc) is 3.08. The first kappa shape index (κ1) is 15.1. The first-order chi connectivity index (χ1) is 10.1. The zero-order valence-electron chi connectivity index (χ0n) is 11.3. The van der Waals surface area contributed by atoms with E-state index in [-0.39, 0.29) is 5.91 Å². The summed E-state index contributed by atoms with van der Waals surface area (Å²) >= 11 is 10.9. The molecule has 0 radical (unpaired) electrons. The molecule has 0 atom stereocenters. The lowest BCUT2D eigenvalue weighted by Gasteiger charge is -2.34. The van der Waals surface area contributed by atoms with E-state index in [1.165, 1.54) is 4.88 Å². The van der Waals surface area contributed by atoms with Gasteiger partial charge in [0.2, 0.25) is 0 Å². The monoisotopic (exact) mass is 387 g/mol. The van der Waals surface area contributed by atoms with Crippen molar-refractivity contribution in [2.24, 2.45) is 0 Å². The van der Waals surface area contributed by atoms with Crippen LogP contribution in [0.5, 0.6) is 0 Å². The molecule has 3 rings (SSSR count). The van der Waals surface area contributed by atoms with E-state index in [4.69, 9.17) is 11.6 Å². The van der Waals surface area contributed by atoms with E-state index in [0.717, 1.165) is 41.5 Å². The predicted octanol–water partition coefficient (Wildman–Crippen LogP) is 3.45. The second-order valence-electron chi connectivity index (χ2n) is 5.01. The molecule has 1 aliphatic heterocycles. The van der Waals surface area contributed by atoms with Crippen LogP contribution in [0.4, 0.5) is 0 Å².